The first-order chi connectivity index (χ1) is 9.92. The molecule has 0 saturated heterocycles. The van der Waals surface area contributed by atoms with Gasteiger partial charge in [-0.15, -0.1) is 0 Å². The fourth-order valence-electron chi connectivity index (χ4n) is 2.12. The van der Waals surface area contributed by atoms with Gasteiger partial charge in [-0.05, 0) is 13.0 Å². The summed E-state index contributed by atoms with van der Waals surface area (Å²) in [5, 5.41) is 19.9. The van der Waals surface area contributed by atoms with Crippen molar-refractivity contribution in [1.82, 2.24) is 4.57 Å². The molecule has 0 atom stereocenters. The van der Waals surface area contributed by atoms with Gasteiger partial charge in [-0.25, -0.2) is 4.79 Å². The van der Waals surface area contributed by atoms with Crippen LogP contribution < -0.4 is 4.74 Å². The zero-order valence-corrected chi connectivity index (χ0v) is 11.6. The number of ether oxygens (including phenoxy) is 1. The number of aromatic nitrogens is 1. The summed E-state index contributed by atoms with van der Waals surface area (Å²) < 4.78 is 6.56. The van der Waals surface area contributed by atoms with Gasteiger partial charge in [0, 0.05) is 11.6 Å². The predicted octanol–water partition coefficient (Wildman–Crippen LogP) is 2.46. The SMILES string of the molecule is COc1ccc(C)cc1Cn1cc([N+](=O)[O-])cc1C(=O)O. The third-order valence-electron chi connectivity index (χ3n) is 3.09. The Morgan fingerprint density at radius 2 is 2.14 bits per heavy atom. The average Bonchev–Trinajstić information content (AvgIpc) is 2.83. The maximum Gasteiger partial charge on any atom is 0.352 e. The lowest BCUT2D eigenvalue weighted by Gasteiger charge is -2.11. The van der Waals surface area contributed by atoms with Gasteiger partial charge < -0.3 is 14.4 Å². The molecule has 0 aliphatic carbocycles. The van der Waals surface area contributed by atoms with E-state index in [0.29, 0.717) is 5.75 Å². The molecule has 2 aromatic rings. The van der Waals surface area contributed by atoms with Crippen LogP contribution in [0.25, 0.3) is 0 Å². The Hall–Kier alpha value is -2.83. The van der Waals surface area contributed by atoms with E-state index in [0.717, 1.165) is 17.2 Å². The van der Waals surface area contributed by atoms with Gasteiger partial charge in [-0.3, -0.25) is 10.1 Å². The molecule has 7 nitrogen and oxygen atoms in total. The largest absolute Gasteiger partial charge is 0.496 e. The van der Waals surface area contributed by atoms with E-state index in [-0.39, 0.29) is 17.9 Å². The lowest BCUT2D eigenvalue weighted by molar-refractivity contribution is -0.384. The minimum atomic E-state index is -1.21. The van der Waals surface area contributed by atoms with E-state index in [1.165, 1.54) is 17.9 Å². The van der Waals surface area contributed by atoms with E-state index in [4.69, 9.17) is 9.84 Å². The van der Waals surface area contributed by atoms with Crippen LogP contribution >= 0.6 is 0 Å². The Morgan fingerprint density at radius 3 is 2.71 bits per heavy atom. The van der Waals surface area contributed by atoms with Crippen LogP contribution in [0.5, 0.6) is 5.75 Å². The lowest BCUT2D eigenvalue weighted by atomic mass is 10.1. The molecule has 0 spiro atoms. The second-order valence-electron chi connectivity index (χ2n) is 4.59. The van der Waals surface area contributed by atoms with Gasteiger partial charge in [0.25, 0.3) is 5.69 Å². The summed E-state index contributed by atoms with van der Waals surface area (Å²) in [5.41, 5.74) is 1.36. The van der Waals surface area contributed by atoms with Crippen LogP contribution in [0.3, 0.4) is 0 Å². The number of aryl methyl sites for hydroxylation is 1. The van der Waals surface area contributed by atoms with Gasteiger partial charge in [0.05, 0.1) is 24.8 Å². The van der Waals surface area contributed by atoms with Crippen LogP contribution in [0.2, 0.25) is 0 Å². The Kier molecular flexibility index (Phi) is 3.93. The Balaban J connectivity index is 2.46. The van der Waals surface area contributed by atoms with Gasteiger partial charge in [0.2, 0.25) is 0 Å². The zero-order valence-electron chi connectivity index (χ0n) is 11.6. The van der Waals surface area contributed by atoms with Gasteiger partial charge in [0.1, 0.15) is 11.4 Å². The van der Waals surface area contributed by atoms with Gasteiger partial charge >= 0.3 is 5.97 Å². The van der Waals surface area contributed by atoms with E-state index < -0.39 is 10.9 Å². The first-order valence-electron chi connectivity index (χ1n) is 6.13. The first kappa shape index (κ1) is 14.6. The van der Waals surface area contributed by atoms with Gasteiger partial charge in [0.15, 0.2) is 0 Å². The summed E-state index contributed by atoms with van der Waals surface area (Å²) in [6.07, 6.45) is 1.21. The van der Waals surface area contributed by atoms with Crippen molar-refractivity contribution >= 4 is 11.7 Å². The summed E-state index contributed by atoms with van der Waals surface area (Å²) in [4.78, 5) is 21.4. The molecule has 0 radical (unpaired) electrons. The standard InChI is InChI=1S/C14H14N2O5/c1-9-3-4-13(21-2)10(5-9)7-15-8-11(16(19)20)6-12(15)14(17)18/h3-6,8H,7H2,1-2H3,(H,17,18). The topological polar surface area (TPSA) is 94.6 Å². The molecule has 0 saturated carbocycles. The number of hydrogen-bond donors (Lipinski definition) is 1. The highest BCUT2D eigenvalue weighted by Gasteiger charge is 2.19. The molecule has 0 aliphatic rings. The second-order valence-corrected chi connectivity index (χ2v) is 4.59. The van der Waals surface area contributed by atoms with Crippen LogP contribution in [0.4, 0.5) is 5.69 Å². The number of rotatable bonds is 5. The van der Waals surface area contributed by atoms with Gasteiger partial charge in [-0.2, -0.15) is 0 Å². The van der Waals surface area contributed by atoms with E-state index in [9.17, 15) is 14.9 Å². The molecular weight excluding hydrogens is 276 g/mol. The number of nitrogens with zero attached hydrogens (tertiary/aromatic N) is 2. The lowest BCUT2D eigenvalue weighted by Crippen LogP contribution is -2.09. The normalized spacial score (nSPS) is 10.4. The maximum absolute atomic E-state index is 11.2. The first-order valence-corrected chi connectivity index (χ1v) is 6.13. The van der Waals surface area contributed by atoms with Crippen LogP contribution in [-0.2, 0) is 6.54 Å². The van der Waals surface area contributed by atoms with Crippen molar-refractivity contribution in [2.24, 2.45) is 0 Å². The molecule has 7 heteroatoms. The summed E-state index contributed by atoms with van der Waals surface area (Å²) in [7, 11) is 1.52. The van der Waals surface area contributed by atoms with Crippen LogP contribution in [-0.4, -0.2) is 27.7 Å². The molecule has 0 fully saturated rings. The Bertz CT molecular complexity index is 705. The minimum Gasteiger partial charge on any atom is -0.496 e. The number of carboxylic acids is 1. The fourth-order valence-corrected chi connectivity index (χ4v) is 2.12. The number of methoxy groups -OCH3 is 1. The van der Waals surface area contributed by atoms with E-state index >= 15 is 0 Å². The monoisotopic (exact) mass is 290 g/mol. The molecule has 21 heavy (non-hydrogen) atoms. The molecule has 0 unspecified atom stereocenters. The quantitative estimate of drug-likeness (QED) is 0.674. The highest BCUT2D eigenvalue weighted by molar-refractivity contribution is 5.87. The van der Waals surface area contributed by atoms with Crippen molar-refractivity contribution in [3.63, 3.8) is 0 Å². The molecular formula is C14H14N2O5. The van der Waals surface area contributed by atoms with Crippen LogP contribution in [0.1, 0.15) is 21.6 Å². The summed E-state index contributed by atoms with van der Waals surface area (Å²) in [6.45, 7) is 2.08. The molecule has 0 aliphatic heterocycles. The van der Waals surface area contributed by atoms with Crippen molar-refractivity contribution in [1.29, 1.82) is 0 Å². The highest BCUT2D eigenvalue weighted by atomic mass is 16.6. The number of carbonyl (C=O) groups is 1. The molecule has 1 aromatic heterocycles. The third kappa shape index (κ3) is 3.02. The van der Waals surface area contributed by atoms with E-state index in [1.54, 1.807) is 6.07 Å². The van der Waals surface area contributed by atoms with Crippen molar-refractivity contribution in [3.8, 4) is 5.75 Å². The molecule has 0 bridgehead atoms. The average molecular weight is 290 g/mol. The van der Waals surface area contributed by atoms with Crippen molar-refractivity contribution in [2.75, 3.05) is 7.11 Å². The highest BCUT2D eigenvalue weighted by Crippen LogP contribution is 2.24. The maximum atomic E-state index is 11.2. The van der Waals surface area contributed by atoms with Crippen molar-refractivity contribution < 1.29 is 19.6 Å². The van der Waals surface area contributed by atoms with Crippen molar-refractivity contribution in [2.45, 2.75) is 13.5 Å². The number of benzene rings is 1. The minimum absolute atomic E-state index is 0.134. The molecule has 1 aromatic carbocycles. The summed E-state index contributed by atoms with van der Waals surface area (Å²) >= 11 is 0. The number of aromatic carboxylic acids is 1. The zero-order chi connectivity index (χ0) is 15.6. The Labute approximate surface area is 120 Å². The molecule has 1 heterocycles. The molecule has 110 valence electrons. The summed E-state index contributed by atoms with van der Waals surface area (Å²) in [5.74, 6) is -0.608. The van der Waals surface area contributed by atoms with Crippen LogP contribution in [0.15, 0.2) is 30.5 Å². The number of carboxylic acid groups (broad SMARTS) is 1. The van der Waals surface area contributed by atoms with E-state index in [1.807, 2.05) is 19.1 Å². The van der Waals surface area contributed by atoms with Gasteiger partial charge in [-0.1, -0.05) is 17.7 Å². The fraction of sp³-hybridized carbons (Fsp3) is 0.214. The van der Waals surface area contributed by atoms with E-state index in [2.05, 4.69) is 0 Å². The second kappa shape index (κ2) is 5.66. The third-order valence-corrected chi connectivity index (χ3v) is 3.09. The smallest absolute Gasteiger partial charge is 0.352 e. The summed E-state index contributed by atoms with van der Waals surface area (Å²) in [6, 6.07) is 6.56. The van der Waals surface area contributed by atoms with Crippen molar-refractivity contribution in [3.05, 3.63) is 57.4 Å². The molecule has 2 rings (SSSR count). The predicted molar refractivity (Wildman–Crippen MR) is 74.9 cm³/mol. The van der Waals surface area contributed by atoms with Crippen LogP contribution in [0, 0.1) is 17.0 Å². The molecule has 0 amide bonds. The number of hydrogen-bond acceptors (Lipinski definition) is 4. The Morgan fingerprint density at radius 1 is 1.43 bits per heavy atom. The number of nitro groups is 1. The molecule has 1 N–H and O–H groups in total.